The molecule has 0 saturated carbocycles. The molecule has 74 valence electrons. The summed E-state index contributed by atoms with van der Waals surface area (Å²) in [5.41, 5.74) is -0.468. The summed E-state index contributed by atoms with van der Waals surface area (Å²) in [4.78, 5) is 10.9. The van der Waals surface area contributed by atoms with E-state index in [1.54, 1.807) is 0 Å². The van der Waals surface area contributed by atoms with Gasteiger partial charge in [-0.3, -0.25) is 0 Å². The van der Waals surface area contributed by atoms with Gasteiger partial charge in [-0.05, 0) is 32.1 Å². The molecule has 2 fully saturated rings. The maximum atomic E-state index is 10.9. The number of epoxide rings is 1. The molecule has 2 saturated heterocycles. The first-order valence-electron chi connectivity index (χ1n) is 5.07. The Kier molecular flexibility index (Phi) is 2.65. The van der Waals surface area contributed by atoms with Gasteiger partial charge in [0, 0.05) is 6.61 Å². The summed E-state index contributed by atoms with van der Waals surface area (Å²) in [6, 6.07) is 0. The number of ether oxygens (including phenoxy) is 2. The predicted molar refractivity (Wildman–Crippen MR) is 47.6 cm³/mol. The van der Waals surface area contributed by atoms with Crippen LogP contribution in [0.25, 0.3) is 0 Å². The highest BCUT2D eigenvalue weighted by molar-refractivity contribution is 5.62. The third-order valence-corrected chi connectivity index (χ3v) is 2.89. The lowest BCUT2D eigenvalue weighted by Crippen LogP contribution is -2.38. The van der Waals surface area contributed by atoms with E-state index < -0.39 is 5.60 Å². The fourth-order valence-corrected chi connectivity index (χ4v) is 1.86. The number of aldehydes is 1. The smallest absolute Gasteiger partial charge is 0.151 e. The molecule has 0 aromatic rings. The standard InChI is InChI=1S/C10H16O3/c11-8-10(4-1-2-6-13-10)5-3-9-7-12-9/h8-9H,1-7H2. The summed E-state index contributed by atoms with van der Waals surface area (Å²) < 4.78 is 10.7. The van der Waals surface area contributed by atoms with Crippen molar-refractivity contribution in [3.8, 4) is 0 Å². The molecule has 2 heterocycles. The first kappa shape index (κ1) is 9.16. The lowest BCUT2D eigenvalue weighted by molar-refractivity contribution is -0.139. The highest BCUT2D eigenvalue weighted by Gasteiger charge is 2.35. The van der Waals surface area contributed by atoms with Gasteiger partial charge in [-0.2, -0.15) is 0 Å². The molecule has 3 nitrogen and oxygen atoms in total. The second-order valence-corrected chi connectivity index (χ2v) is 3.98. The summed E-state index contributed by atoms with van der Waals surface area (Å²) in [6.07, 6.45) is 6.31. The maximum absolute atomic E-state index is 10.9. The van der Waals surface area contributed by atoms with Crippen LogP contribution in [0.15, 0.2) is 0 Å². The van der Waals surface area contributed by atoms with Crippen LogP contribution in [-0.4, -0.2) is 31.2 Å². The van der Waals surface area contributed by atoms with Crippen LogP contribution < -0.4 is 0 Å². The van der Waals surface area contributed by atoms with Gasteiger partial charge in [0.1, 0.15) is 5.60 Å². The van der Waals surface area contributed by atoms with E-state index in [-0.39, 0.29) is 0 Å². The van der Waals surface area contributed by atoms with Gasteiger partial charge in [-0.1, -0.05) is 0 Å². The quantitative estimate of drug-likeness (QED) is 0.488. The monoisotopic (exact) mass is 184 g/mol. The van der Waals surface area contributed by atoms with Crippen LogP contribution in [0, 0.1) is 0 Å². The molecule has 2 rings (SSSR count). The van der Waals surface area contributed by atoms with Crippen molar-refractivity contribution in [3.05, 3.63) is 0 Å². The van der Waals surface area contributed by atoms with Crippen molar-refractivity contribution in [3.63, 3.8) is 0 Å². The molecule has 0 aliphatic carbocycles. The van der Waals surface area contributed by atoms with E-state index in [1.807, 2.05) is 0 Å². The fourth-order valence-electron chi connectivity index (χ4n) is 1.86. The van der Waals surface area contributed by atoms with Crippen molar-refractivity contribution in [2.75, 3.05) is 13.2 Å². The zero-order valence-electron chi connectivity index (χ0n) is 7.83. The lowest BCUT2D eigenvalue weighted by atomic mass is 9.90. The first-order chi connectivity index (χ1) is 6.35. The molecule has 3 heteroatoms. The van der Waals surface area contributed by atoms with Gasteiger partial charge in [0.15, 0.2) is 6.29 Å². The number of carbonyl (C=O) groups is 1. The van der Waals surface area contributed by atoms with E-state index in [1.165, 1.54) is 0 Å². The van der Waals surface area contributed by atoms with E-state index in [9.17, 15) is 4.79 Å². The number of rotatable bonds is 4. The number of hydrogen-bond acceptors (Lipinski definition) is 3. The Morgan fingerprint density at radius 2 is 2.31 bits per heavy atom. The Morgan fingerprint density at radius 1 is 1.46 bits per heavy atom. The van der Waals surface area contributed by atoms with Gasteiger partial charge in [0.2, 0.25) is 0 Å². The minimum Gasteiger partial charge on any atom is -0.373 e. The van der Waals surface area contributed by atoms with Crippen LogP contribution in [0.4, 0.5) is 0 Å². The molecule has 2 unspecified atom stereocenters. The Hall–Kier alpha value is -0.410. The van der Waals surface area contributed by atoms with Crippen LogP contribution >= 0.6 is 0 Å². The minimum absolute atomic E-state index is 0.405. The third-order valence-electron chi connectivity index (χ3n) is 2.89. The second kappa shape index (κ2) is 3.76. The largest absolute Gasteiger partial charge is 0.373 e. The topological polar surface area (TPSA) is 38.8 Å². The van der Waals surface area contributed by atoms with Gasteiger partial charge < -0.3 is 14.3 Å². The molecule has 0 spiro atoms. The SMILES string of the molecule is O=CC1(CCC2CO2)CCCCO1. The van der Waals surface area contributed by atoms with Gasteiger partial charge in [-0.15, -0.1) is 0 Å². The molecule has 2 atom stereocenters. The van der Waals surface area contributed by atoms with Gasteiger partial charge in [0.05, 0.1) is 12.7 Å². The molecule has 0 aromatic heterocycles. The van der Waals surface area contributed by atoms with E-state index in [0.717, 1.165) is 51.6 Å². The molecule has 0 amide bonds. The average molecular weight is 184 g/mol. The van der Waals surface area contributed by atoms with Crippen molar-refractivity contribution >= 4 is 6.29 Å². The number of carbonyl (C=O) groups excluding carboxylic acids is 1. The van der Waals surface area contributed by atoms with E-state index >= 15 is 0 Å². The molecular formula is C10H16O3. The highest BCUT2D eigenvalue weighted by Crippen LogP contribution is 2.30. The van der Waals surface area contributed by atoms with E-state index in [4.69, 9.17) is 9.47 Å². The van der Waals surface area contributed by atoms with Crippen molar-refractivity contribution in [2.45, 2.75) is 43.8 Å². The van der Waals surface area contributed by atoms with Crippen LogP contribution in [0.2, 0.25) is 0 Å². The zero-order valence-corrected chi connectivity index (χ0v) is 7.83. The summed E-state index contributed by atoms with van der Waals surface area (Å²) in [7, 11) is 0. The van der Waals surface area contributed by atoms with Crippen LogP contribution in [0.1, 0.15) is 32.1 Å². The van der Waals surface area contributed by atoms with Crippen molar-refractivity contribution in [2.24, 2.45) is 0 Å². The fraction of sp³-hybridized carbons (Fsp3) is 0.900. The normalized spacial score (nSPS) is 38.6. The summed E-state index contributed by atoms with van der Waals surface area (Å²) in [6.45, 7) is 1.61. The van der Waals surface area contributed by atoms with Gasteiger partial charge in [-0.25, -0.2) is 0 Å². The van der Waals surface area contributed by atoms with Crippen molar-refractivity contribution in [1.82, 2.24) is 0 Å². The van der Waals surface area contributed by atoms with Crippen molar-refractivity contribution < 1.29 is 14.3 Å². The molecular weight excluding hydrogens is 168 g/mol. The third kappa shape index (κ3) is 2.29. The van der Waals surface area contributed by atoms with Crippen LogP contribution in [-0.2, 0) is 14.3 Å². The summed E-state index contributed by atoms with van der Waals surface area (Å²) in [5.74, 6) is 0. The highest BCUT2D eigenvalue weighted by atomic mass is 16.6. The molecule has 0 aromatic carbocycles. The molecule has 0 bridgehead atoms. The van der Waals surface area contributed by atoms with E-state index in [0.29, 0.717) is 6.10 Å². The Balaban J connectivity index is 1.84. The maximum Gasteiger partial charge on any atom is 0.151 e. The molecule has 2 aliphatic rings. The first-order valence-corrected chi connectivity index (χ1v) is 5.07. The second-order valence-electron chi connectivity index (χ2n) is 3.98. The Labute approximate surface area is 78.4 Å². The van der Waals surface area contributed by atoms with Crippen LogP contribution in [0.5, 0.6) is 0 Å². The van der Waals surface area contributed by atoms with Crippen molar-refractivity contribution in [1.29, 1.82) is 0 Å². The predicted octanol–water partition coefficient (Wildman–Crippen LogP) is 1.30. The Morgan fingerprint density at radius 3 is 2.85 bits per heavy atom. The molecule has 2 aliphatic heterocycles. The summed E-state index contributed by atoms with van der Waals surface area (Å²) in [5, 5.41) is 0. The van der Waals surface area contributed by atoms with Gasteiger partial charge >= 0.3 is 0 Å². The molecule has 0 N–H and O–H groups in total. The molecule has 0 radical (unpaired) electrons. The van der Waals surface area contributed by atoms with Crippen LogP contribution in [0.3, 0.4) is 0 Å². The summed E-state index contributed by atoms with van der Waals surface area (Å²) >= 11 is 0. The van der Waals surface area contributed by atoms with E-state index in [2.05, 4.69) is 0 Å². The van der Waals surface area contributed by atoms with Gasteiger partial charge in [0.25, 0.3) is 0 Å². The molecule has 13 heavy (non-hydrogen) atoms. The zero-order chi connectivity index (χ0) is 9.15. The average Bonchev–Trinajstić information content (AvgIpc) is 3.00. The Bertz CT molecular complexity index is 181. The lowest BCUT2D eigenvalue weighted by Gasteiger charge is -2.32. The minimum atomic E-state index is -0.468. The number of hydrogen-bond donors (Lipinski definition) is 0.